The zero-order chi connectivity index (χ0) is 29.2. The van der Waals surface area contributed by atoms with Crippen LogP contribution in [-0.4, -0.2) is 35.6 Å². The number of carbonyl (C=O) groups is 2. The highest BCUT2D eigenvalue weighted by atomic mass is 35.5. The van der Waals surface area contributed by atoms with E-state index in [4.69, 9.17) is 32.7 Å². The summed E-state index contributed by atoms with van der Waals surface area (Å²) in [6, 6.07) is 14.8. The van der Waals surface area contributed by atoms with Crippen molar-refractivity contribution in [2.45, 2.75) is 33.4 Å². The minimum atomic E-state index is -0.870. The average molecular weight is 587 g/mol. The number of hydrogen-bond donors (Lipinski definition) is 2. The molecule has 0 saturated carbocycles. The van der Waals surface area contributed by atoms with Crippen LogP contribution in [0.4, 0.5) is 5.69 Å². The van der Waals surface area contributed by atoms with Crippen LogP contribution in [0.15, 0.2) is 65.8 Å². The van der Waals surface area contributed by atoms with Gasteiger partial charge in [-0.25, -0.2) is 5.43 Å². The first-order valence-electron chi connectivity index (χ1n) is 12.3. The van der Waals surface area contributed by atoms with Crippen molar-refractivity contribution in [2.75, 3.05) is 6.61 Å². The molecule has 0 aliphatic carbocycles. The van der Waals surface area contributed by atoms with Crippen molar-refractivity contribution in [3.63, 3.8) is 0 Å². The van der Waals surface area contributed by atoms with Crippen molar-refractivity contribution in [1.29, 1.82) is 0 Å². The summed E-state index contributed by atoms with van der Waals surface area (Å²) in [6.07, 6.45) is 1.44. The van der Waals surface area contributed by atoms with E-state index in [1.165, 1.54) is 30.5 Å². The van der Waals surface area contributed by atoms with Gasteiger partial charge >= 0.3 is 0 Å². The number of halogens is 2. The van der Waals surface area contributed by atoms with E-state index in [1.54, 1.807) is 50.2 Å². The monoisotopic (exact) mass is 586 g/mol. The molecule has 0 radical (unpaired) electrons. The second kappa shape index (κ2) is 14.3. The molecule has 3 aromatic carbocycles. The Morgan fingerprint density at radius 1 is 1.02 bits per heavy atom. The molecule has 0 heterocycles. The Hall–Kier alpha value is -4.15. The third kappa shape index (κ3) is 8.42. The Labute approximate surface area is 241 Å². The Bertz CT molecular complexity index is 1400. The van der Waals surface area contributed by atoms with Gasteiger partial charge in [-0.15, -0.1) is 0 Å². The number of amides is 2. The quantitative estimate of drug-likeness (QED) is 0.157. The van der Waals surface area contributed by atoms with Gasteiger partial charge in [0.25, 0.3) is 17.5 Å². The third-order valence-corrected chi connectivity index (χ3v) is 6.16. The molecule has 3 aromatic rings. The normalized spacial score (nSPS) is 11.8. The van der Waals surface area contributed by atoms with Crippen molar-refractivity contribution >= 4 is 46.9 Å². The largest absolute Gasteiger partial charge is 0.490 e. The van der Waals surface area contributed by atoms with Crippen LogP contribution in [0.1, 0.15) is 42.3 Å². The Morgan fingerprint density at radius 3 is 2.38 bits per heavy atom. The molecule has 1 unspecified atom stereocenters. The van der Waals surface area contributed by atoms with E-state index in [-0.39, 0.29) is 28.8 Å². The Morgan fingerprint density at radius 2 is 1.75 bits per heavy atom. The smallest absolute Gasteiger partial charge is 0.269 e. The van der Waals surface area contributed by atoms with Crippen molar-refractivity contribution in [1.82, 2.24) is 10.7 Å². The highest BCUT2D eigenvalue weighted by Gasteiger charge is 2.25. The predicted molar refractivity (Wildman–Crippen MR) is 153 cm³/mol. The zero-order valence-corrected chi connectivity index (χ0v) is 23.5. The predicted octanol–water partition coefficient (Wildman–Crippen LogP) is 5.78. The molecule has 210 valence electrons. The number of rotatable bonds is 12. The molecule has 2 amide bonds. The maximum absolute atomic E-state index is 12.8. The SMILES string of the molecule is CCOc1cc(C=NNC(=O)C(NC(=O)c2ccc(Cl)cc2Cl)C(C)C)ccc1OCc1ccc([N+](=O)[O-])cc1. The summed E-state index contributed by atoms with van der Waals surface area (Å²) < 4.78 is 11.5. The van der Waals surface area contributed by atoms with Gasteiger partial charge in [-0.1, -0.05) is 37.0 Å². The first-order chi connectivity index (χ1) is 19.1. The van der Waals surface area contributed by atoms with Gasteiger partial charge in [0, 0.05) is 17.2 Å². The van der Waals surface area contributed by atoms with Crippen LogP contribution in [0.3, 0.4) is 0 Å². The minimum absolute atomic E-state index is 0.00235. The molecule has 0 saturated heterocycles. The van der Waals surface area contributed by atoms with Gasteiger partial charge < -0.3 is 14.8 Å². The van der Waals surface area contributed by atoms with E-state index in [0.29, 0.717) is 28.7 Å². The summed E-state index contributed by atoms with van der Waals surface area (Å²) in [7, 11) is 0. The fourth-order valence-corrected chi connectivity index (χ4v) is 4.03. The highest BCUT2D eigenvalue weighted by molar-refractivity contribution is 6.36. The van der Waals surface area contributed by atoms with Crippen molar-refractivity contribution in [3.05, 3.63) is 97.5 Å². The summed E-state index contributed by atoms with van der Waals surface area (Å²) in [5, 5.41) is 18.1. The van der Waals surface area contributed by atoms with Crippen LogP contribution >= 0.6 is 23.2 Å². The number of carbonyl (C=O) groups excluding carboxylic acids is 2. The van der Waals surface area contributed by atoms with Gasteiger partial charge in [-0.3, -0.25) is 19.7 Å². The average Bonchev–Trinajstić information content (AvgIpc) is 2.91. The molecule has 0 aliphatic heterocycles. The minimum Gasteiger partial charge on any atom is -0.490 e. The zero-order valence-electron chi connectivity index (χ0n) is 22.0. The van der Waals surface area contributed by atoms with E-state index >= 15 is 0 Å². The molecule has 3 rings (SSSR count). The highest BCUT2D eigenvalue weighted by Crippen LogP contribution is 2.29. The number of nitro benzene ring substituents is 1. The first kappa shape index (κ1) is 30.4. The van der Waals surface area contributed by atoms with Gasteiger partial charge in [0.2, 0.25) is 0 Å². The second-order valence-corrected chi connectivity index (χ2v) is 9.75. The number of benzene rings is 3. The summed E-state index contributed by atoms with van der Waals surface area (Å²) in [5.74, 6) is -0.304. The second-order valence-electron chi connectivity index (χ2n) is 8.90. The fraction of sp³-hybridized carbons (Fsp3) is 0.250. The molecule has 0 bridgehead atoms. The van der Waals surface area contributed by atoms with Crippen LogP contribution in [0.2, 0.25) is 10.0 Å². The van der Waals surface area contributed by atoms with Crippen molar-refractivity contribution in [3.8, 4) is 11.5 Å². The summed E-state index contributed by atoms with van der Waals surface area (Å²) >= 11 is 12.0. The van der Waals surface area contributed by atoms with Crippen LogP contribution in [0.5, 0.6) is 11.5 Å². The number of hydrazone groups is 1. The third-order valence-electron chi connectivity index (χ3n) is 5.61. The first-order valence-corrected chi connectivity index (χ1v) is 13.1. The van der Waals surface area contributed by atoms with E-state index in [0.717, 1.165) is 5.56 Å². The van der Waals surface area contributed by atoms with Crippen molar-refractivity contribution < 1.29 is 24.0 Å². The summed E-state index contributed by atoms with van der Waals surface area (Å²) in [5.41, 5.74) is 4.05. The molecule has 0 aliphatic rings. The molecule has 10 nitrogen and oxygen atoms in total. The molecule has 0 fully saturated rings. The number of nitrogens with zero attached hydrogens (tertiary/aromatic N) is 2. The van der Waals surface area contributed by atoms with E-state index < -0.39 is 22.8 Å². The lowest BCUT2D eigenvalue weighted by molar-refractivity contribution is -0.384. The maximum Gasteiger partial charge on any atom is 0.269 e. The lowest BCUT2D eigenvalue weighted by Gasteiger charge is -2.20. The summed E-state index contributed by atoms with van der Waals surface area (Å²) in [4.78, 5) is 35.9. The van der Waals surface area contributed by atoms with E-state index in [2.05, 4.69) is 15.8 Å². The Balaban J connectivity index is 1.64. The van der Waals surface area contributed by atoms with Crippen molar-refractivity contribution in [2.24, 2.45) is 11.0 Å². The van der Waals surface area contributed by atoms with Gasteiger partial charge in [0.1, 0.15) is 12.6 Å². The van der Waals surface area contributed by atoms with Crippen LogP contribution in [0.25, 0.3) is 0 Å². The van der Waals surface area contributed by atoms with Gasteiger partial charge in [-0.2, -0.15) is 5.10 Å². The maximum atomic E-state index is 12.8. The number of non-ortho nitro benzene ring substituents is 1. The number of nitro groups is 1. The van der Waals surface area contributed by atoms with Gasteiger partial charge in [0.15, 0.2) is 11.5 Å². The number of ether oxygens (including phenoxy) is 2. The molecule has 1 atom stereocenters. The Kier molecular flexibility index (Phi) is 10.9. The topological polar surface area (TPSA) is 132 Å². The number of nitrogens with one attached hydrogen (secondary N) is 2. The molecule has 40 heavy (non-hydrogen) atoms. The van der Waals surface area contributed by atoms with Crippen LogP contribution < -0.4 is 20.2 Å². The lowest BCUT2D eigenvalue weighted by Crippen LogP contribution is -2.48. The standard InChI is InChI=1S/C28H28Cl2N4O6/c1-4-39-25-13-19(7-12-24(25)40-16-18-5-9-21(10-6-18)34(37)38)15-31-33-28(36)26(17(2)3)32-27(35)22-11-8-20(29)14-23(22)30/h5-15,17,26H,4,16H2,1-3H3,(H,32,35)(H,33,36). The van der Waals surface area contributed by atoms with E-state index in [9.17, 15) is 19.7 Å². The molecule has 12 heteroatoms. The van der Waals surface area contributed by atoms with Gasteiger partial charge in [-0.05, 0) is 72.5 Å². The van der Waals surface area contributed by atoms with Crippen LogP contribution in [-0.2, 0) is 11.4 Å². The fourth-order valence-electron chi connectivity index (χ4n) is 3.54. The molecule has 0 spiro atoms. The molecule has 0 aromatic heterocycles. The lowest BCUT2D eigenvalue weighted by atomic mass is 10.0. The molecular weight excluding hydrogens is 559 g/mol. The molecule has 2 N–H and O–H groups in total. The van der Waals surface area contributed by atoms with Crippen LogP contribution in [0, 0.1) is 16.0 Å². The van der Waals surface area contributed by atoms with E-state index in [1.807, 2.05) is 6.92 Å². The van der Waals surface area contributed by atoms with Gasteiger partial charge in [0.05, 0.1) is 28.3 Å². The number of hydrogen-bond acceptors (Lipinski definition) is 7. The molecular formula is C28H28Cl2N4O6. The summed E-state index contributed by atoms with van der Waals surface area (Å²) in [6.45, 7) is 5.99.